The summed E-state index contributed by atoms with van der Waals surface area (Å²) in [5, 5.41) is 0. The van der Waals surface area contributed by atoms with E-state index in [1.807, 2.05) is 0 Å². The van der Waals surface area contributed by atoms with E-state index < -0.39 is 0 Å². The van der Waals surface area contributed by atoms with Crippen LogP contribution in [0.3, 0.4) is 0 Å². The van der Waals surface area contributed by atoms with E-state index in [9.17, 15) is 0 Å². The van der Waals surface area contributed by atoms with Gasteiger partial charge >= 0.3 is 0 Å². The first-order chi connectivity index (χ1) is 6.65. The van der Waals surface area contributed by atoms with Gasteiger partial charge in [0, 0.05) is 6.42 Å². The first-order valence-electron chi connectivity index (χ1n) is 5.72. The molecule has 0 aromatic rings. The van der Waals surface area contributed by atoms with Crippen LogP contribution >= 0.6 is 0 Å². The summed E-state index contributed by atoms with van der Waals surface area (Å²) in [6.07, 6.45) is 3.54. The minimum atomic E-state index is 0.323. The van der Waals surface area contributed by atoms with Gasteiger partial charge in [0.1, 0.15) is 6.10 Å². The molecule has 1 aliphatic rings. The summed E-state index contributed by atoms with van der Waals surface area (Å²) in [6.45, 7) is 11.0. The highest BCUT2D eigenvalue weighted by atomic mass is 16.5. The Bertz CT molecular complexity index is 271. The second-order valence-electron chi connectivity index (χ2n) is 3.93. The molecule has 0 fully saturated rings. The second-order valence-corrected chi connectivity index (χ2v) is 3.93. The molecule has 0 bridgehead atoms. The molecule has 0 amide bonds. The van der Waals surface area contributed by atoms with Crippen LogP contribution in [0.1, 0.15) is 53.9 Å². The fourth-order valence-corrected chi connectivity index (χ4v) is 2.29. The van der Waals surface area contributed by atoms with Crippen molar-refractivity contribution in [3.05, 3.63) is 22.5 Å². The number of allylic oxidation sites excluding steroid dienone is 3. The molecule has 1 heterocycles. The Hall–Kier alpha value is -0.720. The number of hydrogen-bond donors (Lipinski definition) is 0. The van der Waals surface area contributed by atoms with Crippen LogP contribution in [0.25, 0.3) is 0 Å². The molecule has 14 heavy (non-hydrogen) atoms. The van der Waals surface area contributed by atoms with Gasteiger partial charge in [0.15, 0.2) is 0 Å². The Morgan fingerprint density at radius 3 is 2.14 bits per heavy atom. The van der Waals surface area contributed by atoms with Gasteiger partial charge in [-0.15, -0.1) is 0 Å². The normalized spacial score (nSPS) is 22.8. The molecule has 1 heteroatoms. The van der Waals surface area contributed by atoms with Crippen molar-refractivity contribution in [2.75, 3.05) is 0 Å². The third-order valence-corrected chi connectivity index (χ3v) is 3.16. The zero-order chi connectivity index (χ0) is 10.7. The van der Waals surface area contributed by atoms with Crippen molar-refractivity contribution in [1.29, 1.82) is 0 Å². The number of hydrogen-bond acceptors (Lipinski definition) is 1. The van der Waals surface area contributed by atoms with Crippen molar-refractivity contribution in [1.82, 2.24) is 0 Å². The van der Waals surface area contributed by atoms with E-state index in [1.165, 1.54) is 22.5 Å². The molecule has 0 radical (unpaired) electrons. The van der Waals surface area contributed by atoms with E-state index in [0.29, 0.717) is 6.10 Å². The molecule has 0 spiro atoms. The average Bonchev–Trinajstić information content (AvgIpc) is 2.19. The summed E-state index contributed by atoms with van der Waals surface area (Å²) in [6, 6.07) is 0. The molecule has 1 rings (SSSR count). The monoisotopic (exact) mass is 194 g/mol. The topological polar surface area (TPSA) is 9.23 Å². The van der Waals surface area contributed by atoms with Gasteiger partial charge in [0.05, 0.1) is 5.76 Å². The molecule has 0 aromatic carbocycles. The van der Waals surface area contributed by atoms with Crippen molar-refractivity contribution in [2.24, 2.45) is 0 Å². The Morgan fingerprint density at radius 2 is 1.71 bits per heavy atom. The molecule has 0 aromatic heterocycles. The number of rotatable bonds is 3. The molecular weight excluding hydrogens is 172 g/mol. The van der Waals surface area contributed by atoms with Crippen LogP contribution < -0.4 is 0 Å². The number of ether oxygens (including phenoxy) is 1. The lowest BCUT2D eigenvalue weighted by Gasteiger charge is -2.29. The zero-order valence-corrected chi connectivity index (χ0v) is 10.1. The molecule has 1 unspecified atom stereocenters. The minimum Gasteiger partial charge on any atom is -0.490 e. The molecule has 0 aliphatic carbocycles. The van der Waals surface area contributed by atoms with Crippen LogP contribution in [0, 0.1) is 0 Å². The van der Waals surface area contributed by atoms with Crippen LogP contribution in [-0.4, -0.2) is 6.10 Å². The third-order valence-electron chi connectivity index (χ3n) is 3.16. The van der Waals surface area contributed by atoms with Gasteiger partial charge in [-0.05, 0) is 43.4 Å². The largest absolute Gasteiger partial charge is 0.490 e. The van der Waals surface area contributed by atoms with Crippen LogP contribution in [0.5, 0.6) is 0 Å². The lowest BCUT2D eigenvalue weighted by atomic mass is 9.91. The summed E-state index contributed by atoms with van der Waals surface area (Å²) in [4.78, 5) is 0. The van der Waals surface area contributed by atoms with Crippen molar-refractivity contribution in [3.8, 4) is 0 Å². The molecule has 80 valence electrons. The highest BCUT2D eigenvalue weighted by Crippen LogP contribution is 2.33. The van der Waals surface area contributed by atoms with Gasteiger partial charge in [0.25, 0.3) is 0 Å². The van der Waals surface area contributed by atoms with E-state index in [1.54, 1.807) is 0 Å². The van der Waals surface area contributed by atoms with Gasteiger partial charge in [0.2, 0.25) is 0 Å². The molecule has 0 saturated heterocycles. The Balaban J connectivity index is 3.08. The predicted molar refractivity (Wildman–Crippen MR) is 61.1 cm³/mol. The summed E-state index contributed by atoms with van der Waals surface area (Å²) >= 11 is 0. The SMILES string of the molecule is CCC1=C(C)C(CC)=C(C)C(CC)O1. The average molecular weight is 194 g/mol. The third kappa shape index (κ3) is 1.87. The lowest BCUT2D eigenvalue weighted by molar-refractivity contribution is 0.126. The predicted octanol–water partition coefficient (Wildman–Crippen LogP) is 4.21. The van der Waals surface area contributed by atoms with E-state index in [0.717, 1.165) is 19.3 Å². The summed E-state index contributed by atoms with van der Waals surface area (Å²) in [5.41, 5.74) is 4.32. The van der Waals surface area contributed by atoms with Crippen molar-refractivity contribution in [3.63, 3.8) is 0 Å². The van der Waals surface area contributed by atoms with Crippen LogP contribution in [-0.2, 0) is 4.74 Å². The maximum Gasteiger partial charge on any atom is 0.119 e. The van der Waals surface area contributed by atoms with Crippen molar-refractivity contribution < 1.29 is 4.74 Å². The van der Waals surface area contributed by atoms with Gasteiger partial charge in [-0.1, -0.05) is 20.8 Å². The molecule has 1 aliphatic heterocycles. The van der Waals surface area contributed by atoms with Crippen LogP contribution in [0.2, 0.25) is 0 Å². The van der Waals surface area contributed by atoms with E-state index in [2.05, 4.69) is 34.6 Å². The van der Waals surface area contributed by atoms with Crippen LogP contribution in [0.15, 0.2) is 22.5 Å². The lowest BCUT2D eigenvalue weighted by Crippen LogP contribution is -2.20. The minimum absolute atomic E-state index is 0.323. The van der Waals surface area contributed by atoms with Crippen LogP contribution in [0.4, 0.5) is 0 Å². The first-order valence-corrected chi connectivity index (χ1v) is 5.72. The highest BCUT2D eigenvalue weighted by Gasteiger charge is 2.22. The highest BCUT2D eigenvalue weighted by molar-refractivity contribution is 5.39. The molecular formula is C13H22O. The fraction of sp³-hybridized carbons (Fsp3) is 0.692. The summed E-state index contributed by atoms with van der Waals surface area (Å²) in [7, 11) is 0. The van der Waals surface area contributed by atoms with E-state index in [-0.39, 0.29) is 0 Å². The standard InChI is InChI=1S/C13H22O/c1-6-11-9(4)12(7-2)14-13(8-3)10(11)5/h12H,6-8H2,1-5H3. The first kappa shape index (κ1) is 11.4. The summed E-state index contributed by atoms with van der Waals surface area (Å²) in [5.74, 6) is 1.19. The Labute approximate surface area is 87.8 Å². The smallest absolute Gasteiger partial charge is 0.119 e. The van der Waals surface area contributed by atoms with Gasteiger partial charge < -0.3 is 4.74 Å². The maximum atomic E-state index is 5.96. The van der Waals surface area contributed by atoms with Gasteiger partial charge in [-0.25, -0.2) is 0 Å². The summed E-state index contributed by atoms with van der Waals surface area (Å²) < 4.78 is 5.96. The molecule has 1 atom stereocenters. The quantitative estimate of drug-likeness (QED) is 0.654. The van der Waals surface area contributed by atoms with Crippen molar-refractivity contribution in [2.45, 2.75) is 60.0 Å². The second kappa shape index (κ2) is 4.68. The fourth-order valence-electron chi connectivity index (χ4n) is 2.29. The van der Waals surface area contributed by atoms with Gasteiger partial charge in [-0.3, -0.25) is 0 Å². The maximum absolute atomic E-state index is 5.96. The van der Waals surface area contributed by atoms with E-state index >= 15 is 0 Å². The zero-order valence-electron chi connectivity index (χ0n) is 10.1. The van der Waals surface area contributed by atoms with Crippen molar-refractivity contribution >= 4 is 0 Å². The Kier molecular flexibility index (Phi) is 3.79. The Morgan fingerprint density at radius 1 is 1.07 bits per heavy atom. The molecule has 0 saturated carbocycles. The van der Waals surface area contributed by atoms with E-state index in [4.69, 9.17) is 4.74 Å². The van der Waals surface area contributed by atoms with Gasteiger partial charge in [-0.2, -0.15) is 0 Å². The molecule has 1 nitrogen and oxygen atoms in total. The molecule has 0 N–H and O–H groups in total.